The van der Waals surface area contributed by atoms with Gasteiger partial charge >= 0.3 is 0 Å². The Hall–Kier alpha value is -8.72. The van der Waals surface area contributed by atoms with Crippen LogP contribution in [0, 0.1) is 0 Å². The molecule has 0 fully saturated rings. The van der Waals surface area contributed by atoms with E-state index in [4.69, 9.17) is 0 Å². The first-order valence-corrected chi connectivity index (χ1v) is 26.9. The molecule has 1 aliphatic carbocycles. The summed E-state index contributed by atoms with van der Waals surface area (Å²) in [5.41, 5.74) is 22.7. The van der Waals surface area contributed by atoms with Crippen molar-refractivity contribution in [3.8, 4) is 50.2 Å². The van der Waals surface area contributed by atoms with Gasteiger partial charge in [0.15, 0.2) is 0 Å². The lowest BCUT2D eigenvalue weighted by atomic mass is 9.74. The average Bonchev–Trinajstić information content (AvgIpc) is 4.01. The smallest absolute Gasteiger partial charge is 0.0562 e. The first-order valence-electron chi connectivity index (χ1n) is 26.9. The molecule has 13 rings (SSSR count). The van der Waals surface area contributed by atoms with E-state index in [0.717, 1.165) is 39.4 Å². The molecule has 1 aliphatic rings. The van der Waals surface area contributed by atoms with Gasteiger partial charge in [-0.15, -0.1) is 0 Å². The van der Waals surface area contributed by atoms with E-state index in [9.17, 15) is 0 Å². The zero-order chi connectivity index (χ0) is 51.9. The Morgan fingerprint density at radius 2 is 0.882 bits per heavy atom. The van der Waals surface area contributed by atoms with Crippen molar-refractivity contribution in [3.05, 3.63) is 277 Å². The normalized spacial score (nSPS) is 14.3. The summed E-state index contributed by atoms with van der Waals surface area (Å²) in [6.07, 6.45) is 0. The van der Waals surface area contributed by atoms with E-state index < -0.39 is 0 Å². The number of hydrogen-bond acceptors (Lipinski definition) is 1. The summed E-state index contributed by atoms with van der Waals surface area (Å²) in [4.78, 5) is 2.58. The Morgan fingerprint density at radius 1 is 0.355 bits per heavy atom. The zero-order valence-electron chi connectivity index (χ0n) is 44.6. The van der Waals surface area contributed by atoms with Crippen LogP contribution in [0.3, 0.4) is 0 Å². The maximum absolute atomic E-state index is 2.58. The second kappa shape index (κ2) is 18.0. The van der Waals surface area contributed by atoms with Crippen LogP contribution in [-0.2, 0) is 16.2 Å². The number of rotatable bonds is 8. The summed E-state index contributed by atoms with van der Waals surface area (Å²) in [6.45, 7) is 16.4. The van der Waals surface area contributed by atoms with Crippen molar-refractivity contribution >= 4 is 49.6 Å². The third-order valence-corrected chi connectivity index (χ3v) is 16.4. The lowest BCUT2D eigenvalue weighted by molar-refractivity contribution is 0.569. The summed E-state index contributed by atoms with van der Waals surface area (Å²) in [6, 6.07) is 93.1. The van der Waals surface area contributed by atoms with Crippen LogP contribution in [0.15, 0.2) is 249 Å². The fourth-order valence-corrected chi connectivity index (χ4v) is 12.4. The molecule has 1 unspecified atom stereocenters. The summed E-state index contributed by atoms with van der Waals surface area (Å²) in [5, 5.41) is 4.85. The van der Waals surface area contributed by atoms with Gasteiger partial charge in [0.05, 0.1) is 28.1 Å². The van der Waals surface area contributed by atoms with Crippen molar-refractivity contribution in [2.45, 2.75) is 64.7 Å². The quantitative estimate of drug-likeness (QED) is 0.147. The Bertz CT molecular complexity index is 4160. The first-order chi connectivity index (χ1) is 36.9. The lowest BCUT2D eigenvalue weighted by Crippen LogP contribution is -2.22. The molecule has 0 spiro atoms. The van der Waals surface area contributed by atoms with E-state index in [1.165, 1.54) is 88.3 Å². The van der Waals surface area contributed by atoms with Gasteiger partial charge in [-0.2, -0.15) is 0 Å². The van der Waals surface area contributed by atoms with Crippen LogP contribution in [0.1, 0.15) is 76.3 Å². The molecule has 1 heterocycles. The number of benzene rings is 11. The highest BCUT2D eigenvalue weighted by Crippen LogP contribution is 2.55. The number of fused-ring (bicyclic) bond motifs is 7. The van der Waals surface area contributed by atoms with Crippen LogP contribution in [0.2, 0.25) is 0 Å². The Labute approximate surface area is 448 Å². The lowest BCUT2D eigenvalue weighted by Gasteiger charge is -2.31. The van der Waals surface area contributed by atoms with Crippen molar-refractivity contribution in [1.29, 1.82) is 0 Å². The predicted molar refractivity (Wildman–Crippen MR) is 324 cm³/mol. The third-order valence-electron chi connectivity index (χ3n) is 16.4. The van der Waals surface area contributed by atoms with E-state index >= 15 is 0 Å². The zero-order valence-corrected chi connectivity index (χ0v) is 44.6. The minimum absolute atomic E-state index is 0.0302. The molecule has 76 heavy (non-hydrogen) atoms. The van der Waals surface area contributed by atoms with E-state index in [1.54, 1.807) is 0 Å². The second-order valence-corrected chi connectivity index (χ2v) is 23.0. The van der Waals surface area contributed by atoms with Gasteiger partial charge in [-0.1, -0.05) is 242 Å². The summed E-state index contributed by atoms with van der Waals surface area (Å²) < 4.78 is 2.43. The van der Waals surface area contributed by atoms with Crippen LogP contribution in [0.5, 0.6) is 0 Å². The average molecular weight is 979 g/mol. The Kier molecular flexibility index (Phi) is 11.1. The fraction of sp³-hybridized carbons (Fsp3) is 0.135. The van der Waals surface area contributed by atoms with Gasteiger partial charge in [-0.25, -0.2) is 0 Å². The van der Waals surface area contributed by atoms with Crippen molar-refractivity contribution in [1.82, 2.24) is 4.57 Å². The van der Waals surface area contributed by atoms with Crippen LogP contribution in [-0.4, -0.2) is 4.57 Å². The molecule has 0 aliphatic heterocycles. The SMILES string of the molecule is CC(C)(C)c1cc(-c2cccc3cccc(-c4ccccc4N(c4ccccc4-c4ccc5c(c4)C(C)(c4ccccc4)c4ccccc4-5)c4cccc5c4c4ccccc4n5-c4ccccc4)c23)cc(C(C)(C)C)c1. The molecule has 2 heteroatoms. The molecular formula is C74H62N2. The van der Waals surface area contributed by atoms with Gasteiger partial charge in [-0.3, -0.25) is 0 Å². The Balaban J connectivity index is 1.10. The van der Waals surface area contributed by atoms with Gasteiger partial charge in [0.2, 0.25) is 0 Å². The monoisotopic (exact) mass is 978 g/mol. The van der Waals surface area contributed by atoms with E-state index in [0.29, 0.717) is 0 Å². The summed E-state index contributed by atoms with van der Waals surface area (Å²) in [7, 11) is 0. The van der Waals surface area contributed by atoms with Gasteiger partial charge in [0, 0.05) is 33.0 Å². The van der Waals surface area contributed by atoms with Crippen molar-refractivity contribution in [2.24, 2.45) is 0 Å². The summed E-state index contributed by atoms with van der Waals surface area (Å²) >= 11 is 0. The maximum Gasteiger partial charge on any atom is 0.0562 e. The molecule has 2 nitrogen and oxygen atoms in total. The molecule has 0 saturated carbocycles. The van der Waals surface area contributed by atoms with Crippen molar-refractivity contribution in [3.63, 3.8) is 0 Å². The van der Waals surface area contributed by atoms with Crippen LogP contribution in [0.25, 0.3) is 82.8 Å². The van der Waals surface area contributed by atoms with E-state index in [-0.39, 0.29) is 16.2 Å². The number of anilines is 3. The fourth-order valence-electron chi connectivity index (χ4n) is 12.4. The molecule has 0 bridgehead atoms. The van der Waals surface area contributed by atoms with Gasteiger partial charge in [-0.05, 0) is 138 Å². The maximum atomic E-state index is 2.58. The topological polar surface area (TPSA) is 8.17 Å². The molecule has 0 radical (unpaired) electrons. The summed E-state index contributed by atoms with van der Waals surface area (Å²) in [5.74, 6) is 0. The standard InChI is InChI=1S/C74H62N2/c1-72(2,3)53-45-51(46-54(48-53)73(4,5)6)57-35-22-25-49-26-23-36-61(70(49)57)60-33-16-20-39-66(60)76(69-42-24-41-68-71(69)62-34-17-21-40-67(62)75(68)55-29-12-9-13-30-55)65-38-19-15-31-56(65)50-43-44-59-58-32-14-18-37-63(58)74(7,64(59)47-50)52-27-10-8-11-28-52/h8-48H,1-7H3. The third kappa shape index (κ3) is 7.61. The minimum atomic E-state index is -0.346. The van der Waals surface area contributed by atoms with Gasteiger partial charge < -0.3 is 9.47 Å². The van der Waals surface area contributed by atoms with E-state index in [2.05, 4.69) is 307 Å². The van der Waals surface area contributed by atoms with E-state index in [1.807, 2.05) is 0 Å². The molecule has 1 atom stereocenters. The number of aromatic nitrogens is 1. The van der Waals surface area contributed by atoms with Crippen LogP contribution >= 0.6 is 0 Å². The second-order valence-electron chi connectivity index (χ2n) is 23.0. The minimum Gasteiger partial charge on any atom is -0.309 e. The van der Waals surface area contributed by atoms with Gasteiger partial charge in [0.25, 0.3) is 0 Å². The highest BCUT2D eigenvalue weighted by molar-refractivity contribution is 6.18. The van der Waals surface area contributed by atoms with Crippen molar-refractivity contribution in [2.75, 3.05) is 4.90 Å². The largest absolute Gasteiger partial charge is 0.309 e. The highest BCUT2D eigenvalue weighted by atomic mass is 15.2. The molecule has 368 valence electrons. The first kappa shape index (κ1) is 47.0. The predicted octanol–water partition coefficient (Wildman–Crippen LogP) is 20.3. The van der Waals surface area contributed by atoms with Crippen LogP contribution < -0.4 is 4.90 Å². The number of hydrogen-bond donors (Lipinski definition) is 0. The highest BCUT2D eigenvalue weighted by Gasteiger charge is 2.41. The van der Waals surface area contributed by atoms with Crippen molar-refractivity contribution < 1.29 is 0 Å². The number of nitrogens with zero attached hydrogens (tertiary/aromatic N) is 2. The molecule has 0 amide bonds. The van der Waals surface area contributed by atoms with Crippen LogP contribution in [0.4, 0.5) is 17.1 Å². The Morgan fingerprint density at radius 3 is 1.59 bits per heavy atom. The van der Waals surface area contributed by atoms with Gasteiger partial charge in [0.1, 0.15) is 0 Å². The molecule has 11 aromatic carbocycles. The molecule has 0 N–H and O–H groups in total. The molecular weight excluding hydrogens is 917 g/mol. The molecule has 1 aromatic heterocycles. The molecule has 12 aromatic rings. The molecule has 0 saturated heterocycles. The number of para-hydroxylation sites is 4.